The van der Waals surface area contributed by atoms with Crippen molar-refractivity contribution in [3.8, 4) is 5.69 Å². The van der Waals surface area contributed by atoms with Gasteiger partial charge in [0.2, 0.25) is 0 Å². The van der Waals surface area contributed by atoms with Crippen molar-refractivity contribution in [2.24, 2.45) is 0 Å². The van der Waals surface area contributed by atoms with E-state index in [9.17, 15) is 9.59 Å². The van der Waals surface area contributed by atoms with Gasteiger partial charge < -0.3 is 4.57 Å². The summed E-state index contributed by atoms with van der Waals surface area (Å²) < 4.78 is 3.36. The number of hydrogen-bond acceptors (Lipinski definition) is 3. The second-order valence-corrected chi connectivity index (χ2v) is 10.5. The third kappa shape index (κ3) is 4.38. The van der Waals surface area contributed by atoms with Gasteiger partial charge in [0.1, 0.15) is 0 Å². The van der Waals surface area contributed by atoms with Crippen LogP contribution >= 0.6 is 57.6 Å². The summed E-state index contributed by atoms with van der Waals surface area (Å²) in [4.78, 5) is 27.2. The van der Waals surface area contributed by atoms with E-state index in [-0.39, 0.29) is 17.7 Å². The van der Waals surface area contributed by atoms with Crippen molar-refractivity contribution < 1.29 is 9.59 Å². The highest BCUT2D eigenvalue weighted by Crippen LogP contribution is 2.36. The predicted octanol–water partition coefficient (Wildman–Crippen LogP) is 7.55. The van der Waals surface area contributed by atoms with Gasteiger partial charge in [-0.05, 0) is 109 Å². The number of halogens is 3. The van der Waals surface area contributed by atoms with Crippen molar-refractivity contribution in [1.29, 1.82) is 0 Å². The topological polar surface area (TPSA) is 42.3 Å². The molecule has 2 heterocycles. The molecule has 4 rings (SSSR count). The van der Waals surface area contributed by atoms with Crippen LogP contribution in [0.25, 0.3) is 11.8 Å². The van der Waals surface area contributed by atoms with E-state index in [4.69, 9.17) is 23.2 Å². The first-order chi connectivity index (χ1) is 15.2. The highest BCUT2D eigenvalue weighted by atomic mass is 127. The Bertz CT molecular complexity index is 1280. The number of carbonyl (C=O) groups is 2. The van der Waals surface area contributed by atoms with Crippen molar-refractivity contribution in [3.63, 3.8) is 0 Å². The van der Waals surface area contributed by atoms with Crippen LogP contribution in [0.3, 0.4) is 0 Å². The fraction of sp³-hybridized carbons (Fsp3) is 0.167. The summed E-state index contributed by atoms with van der Waals surface area (Å²) in [6.45, 7) is 6.17. The average Bonchev–Trinajstić information content (AvgIpc) is 3.16. The molecule has 1 aliphatic heterocycles. The van der Waals surface area contributed by atoms with Crippen LogP contribution in [0.15, 0.2) is 47.4 Å². The number of hydrogen-bond donors (Lipinski definition) is 0. The Labute approximate surface area is 214 Å². The first kappa shape index (κ1) is 23.4. The highest BCUT2D eigenvalue weighted by Gasteiger charge is 2.36. The standard InChI is InChI=1S/C24H19Cl2IN2O2S/c1-13-9-17(7-8-21(13)27)29-14(2)10-16(15(29)3)11-22-23(30)28(24(31)32-22)12-18-19(25)5-4-6-20(18)26/h4-11H,12H2,1-3H3/b22-11-. The van der Waals surface area contributed by atoms with E-state index >= 15 is 0 Å². The largest absolute Gasteiger partial charge is 0.318 e. The fourth-order valence-electron chi connectivity index (χ4n) is 3.72. The molecule has 1 aromatic heterocycles. The Morgan fingerprint density at radius 2 is 1.72 bits per heavy atom. The van der Waals surface area contributed by atoms with Crippen LogP contribution in [-0.2, 0) is 11.3 Å². The third-order valence-corrected chi connectivity index (χ3v) is 8.23. The van der Waals surface area contributed by atoms with Gasteiger partial charge in [-0.3, -0.25) is 14.5 Å². The molecule has 0 atom stereocenters. The normalized spacial score (nSPS) is 15.3. The minimum absolute atomic E-state index is 0.0431. The number of imide groups is 1. The number of amides is 2. The molecule has 1 saturated heterocycles. The molecule has 0 N–H and O–H groups in total. The van der Waals surface area contributed by atoms with Gasteiger partial charge >= 0.3 is 0 Å². The van der Waals surface area contributed by atoms with Crippen LogP contribution in [0.4, 0.5) is 4.79 Å². The minimum atomic E-state index is -0.342. The lowest BCUT2D eigenvalue weighted by molar-refractivity contribution is -0.123. The lowest BCUT2D eigenvalue weighted by Crippen LogP contribution is -2.27. The number of benzene rings is 2. The molecule has 32 heavy (non-hydrogen) atoms. The molecule has 0 radical (unpaired) electrons. The summed E-state index contributed by atoms with van der Waals surface area (Å²) in [5.74, 6) is -0.342. The number of aryl methyl sites for hydroxylation is 2. The molecular formula is C24H19Cl2IN2O2S. The SMILES string of the molecule is Cc1cc(-n2c(C)cc(/C=C3\SC(=O)N(Cc4c(Cl)cccc4Cl)C3=O)c2C)ccc1I. The molecule has 1 aliphatic rings. The molecule has 0 bridgehead atoms. The fourth-order valence-corrected chi connectivity index (χ4v) is 5.40. The Kier molecular flexibility index (Phi) is 6.77. The van der Waals surface area contributed by atoms with Crippen molar-refractivity contribution in [1.82, 2.24) is 9.47 Å². The van der Waals surface area contributed by atoms with Crippen molar-refractivity contribution >= 4 is 74.8 Å². The summed E-state index contributed by atoms with van der Waals surface area (Å²) in [7, 11) is 0. The number of carbonyl (C=O) groups excluding carboxylic acids is 2. The van der Waals surface area contributed by atoms with E-state index < -0.39 is 0 Å². The number of aromatic nitrogens is 1. The molecule has 0 spiro atoms. The number of nitrogens with zero attached hydrogens (tertiary/aromatic N) is 2. The zero-order valence-corrected chi connectivity index (χ0v) is 22.1. The lowest BCUT2D eigenvalue weighted by Gasteiger charge is -2.14. The maximum Gasteiger partial charge on any atom is 0.293 e. The summed E-state index contributed by atoms with van der Waals surface area (Å²) >= 11 is 15.7. The third-order valence-electron chi connectivity index (χ3n) is 5.41. The van der Waals surface area contributed by atoms with E-state index in [0.717, 1.165) is 34.4 Å². The van der Waals surface area contributed by atoms with Gasteiger partial charge in [0.15, 0.2) is 0 Å². The Hall–Kier alpha value is -1.74. The molecule has 1 fully saturated rings. The molecule has 0 saturated carbocycles. The average molecular weight is 597 g/mol. The second kappa shape index (κ2) is 9.25. The first-order valence-electron chi connectivity index (χ1n) is 9.81. The van der Waals surface area contributed by atoms with Crippen molar-refractivity contribution in [2.75, 3.05) is 0 Å². The summed E-state index contributed by atoms with van der Waals surface area (Å²) in [6.07, 6.45) is 1.79. The molecule has 2 amide bonds. The zero-order valence-electron chi connectivity index (χ0n) is 17.6. The molecular weight excluding hydrogens is 578 g/mol. The van der Waals surface area contributed by atoms with Gasteiger partial charge in [-0.2, -0.15) is 0 Å². The molecule has 0 unspecified atom stereocenters. The monoisotopic (exact) mass is 596 g/mol. The van der Waals surface area contributed by atoms with Gasteiger partial charge in [-0.15, -0.1) is 0 Å². The van der Waals surface area contributed by atoms with Gasteiger partial charge in [-0.1, -0.05) is 29.3 Å². The lowest BCUT2D eigenvalue weighted by atomic mass is 10.2. The van der Waals surface area contributed by atoms with Gasteiger partial charge in [0, 0.05) is 36.3 Å². The minimum Gasteiger partial charge on any atom is -0.318 e. The van der Waals surface area contributed by atoms with Crippen molar-refractivity contribution in [3.05, 3.63) is 89.1 Å². The van der Waals surface area contributed by atoms with Gasteiger partial charge in [0.25, 0.3) is 11.1 Å². The Morgan fingerprint density at radius 3 is 2.38 bits per heavy atom. The van der Waals surface area contributed by atoms with E-state index in [1.807, 2.05) is 19.9 Å². The second-order valence-electron chi connectivity index (χ2n) is 7.56. The smallest absolute Gasteiger partial charge is 0.293 e. The van der Waals surface area contributed by atoms with Crippen LogP contribution in [-0.4, -0.2) is 20.6 Å². The van der Waals surface area contributed by atoms with E-state index in [1.165, 1.54) is 14.0 Å². The van der Waals surface area contributed by atoms with Crippen LogP contribution in [0.2, 0.25) is 10.0 Å². The van der Waals surface area contributed by atoms with Crippen LogP contribution in [0.1, 0.15) is 28.1 Å². The summed E-state index contributed by atoms with van der Waals surface area (Å²) in [6, 6.07) is 13.5. The maximum absolute atomic E-state index is 13.0. The highest BCUT2D eigenvalue weighted by molar-refractivity contribution is 14.1. The van der Waals surface area contributed by atoms with E-state index in [0.29, 0.717) is 20.5 Å². The number of rotatable bonds is 4. The van der Waals surface area contributed by atoms with Gasteiger partial charge in [-0.25, -0.2) is 0 Å². The first-order valence-corrected chi connectivity index (χ1v) is 12.5. The molecule has 164 valence electrons. The molecule has 2 aromatic carbocycles. The summed E-state index contributed by atoms with van der Waals surface area (Å²) in [5.41, 5.74) is 5.79. The molecule has 0 aliphatic carbocycles. The number of thioether (sulfide) groups is 1. The summed E-state index contributed by atoms with van der Waals surface area (Å²) in [5, 5.41) is 0.521. The van der Waals surface area contributed by atoms with E-state index in [2.05, 4.69) is 52.3 Å². The maximum atomic E-state index is 13.0. The van der Waals surface area contributed by atoms with Crippen LogP contribution in [0, 0.1) is 24.3 Å². The van der Waals surface area contributed by atoms with Crippen LogP contribution in [0.5, 0.6) is 0 Å². The molecule has 4 nitrogen and oxygen atoms in total. The molecule has 8 heteroatoms. The predicted molar refractivity (Wildman–Crippen MR) is 141 cm³/mol. The van der Waals surface area contributed by atoms with E-state index in [1.54, 1.807) is 24.3 Å². The van der Waals surface area contributed by atoms with Crippen LogP contribution < -0.4 is 0 Å². The Morgan fingerprint density at radius 1 is 1.03 bits per heavy atom. The Balaban J connectivity index is 1.66. The quantitative estimate of drug-likeness (QED) is 0.231. The molecule has 3 aromatic rings. The zero-order chi connectivity index (χ0) is 23.2. The van der Waals surface area contributed by atoms with Gasteiger partial charge in [0.05, 0.1) is 11.4 Å². The van der Waals surface area contributed by atoms with Crippen molar-refractivity contribution in [2.45, 2.75) is 27.3 Å².